The summed E-state index contributed by atoms with van der Waals surface area (Å²) in [6, 6.07) is 1.92. The number of nitrogens with zero attached hydrogens (tertiary/aromatic N) is 1. The Balaban J connectivity index is 2.77. The van der Waals surface area contributed by atoms with E-state index in [1.54, 1.807) is 6.08 Å². The molecule has 0 N–H and O–H groups in total. The third-order valence-electron chi connectivity index (χ3n) is 1.03. The lowest BCUT2D eigenvalue weighted by molar-refractivity contribution is -0.114. The summed E-state index contributed by atoms with van der Waals surface area (Å²) in [5, 5.41) is 8.28. The maximum Gasteiger partial charge on any atom is 0.167 e. The standard InChI is InChI=1S/C7H4NO/c8-5-6-1-3-7(9)4-2-6/h1-2H,3H2. The fraction of sp³-hybridized carbons (Fsp3) is 0.143. The molecule has 43 valence electrons. The molecule has 0 aromatic rings. The van der Waals surface area contributed by atoms with Crippen LogP contribution >= 0.6 is 0 Å². The monoisotopic (exact) mass is 118 g/mol. The molecule has 0 spiro atoms. The van der Waals surface area contributed by atoms with Crippen LogP contribution in [-0.2, 0) is 4.79 Å². The Bertz CT molecular complexity index is 230. The van der Waals surface area contributed by atoms with E-state index in [1.165, 1.54) is 6.08 Å². The second kappa shape index (κ2) is 2.27. The zero-order valence-corrected chi connectivity index (χ0v) is 4.72. The van der Waals surface area contributed by atoms with Gasteiger partial charge >= 0.3 is 0 Å². The minimum absolute atomic E-state index is 0.0611. The Morgan fingerprint density at radius 1 is 1.78 bits per heavy atom. The van der Waals surface area contributed by atoms with E-state index in [2.05, 4.69) is 6.08 Å². The van der Waals surface area contributed by atoms with Crippen molar-refractivity contribution >= 4 is 5.78 Å². The Morgan fingerprint density at radius 2 is 2.56 bits per heavy atom. The Hall–Kier alpha value is -1.36. The summed E-state index contributed by atoms with van der Waals surface area (Å²) in [5.41, 5.74) is 0.523. The molecular formula is C7H4NO. The SMILES string of the molecule is N#CC1=CCC(=O)[C]=C1. The van der Waals surface area contributed by atoms with Crippen LogP contribution in [0.2, 0.25) is 0 Å². The number of nitriles is 1. The normalized spacial score (nSPS) is 16.8. The molecule has 1 rings (SSSR count). The number of Topliss-reactive ketones (excluding diaryl/α,β-unsaturated/α-hetero) is 1. The molecule has 2 nitrogen and oxygen atoms in total. The summed E-state index contributed by atoms with van der Waals surface area (Å²) in [6.45, 7) is 0. The second-order valence-electron chi connectivity index (χ2n) is 1.69. The number of hydrogen-bond acceptors (Lipinski definition) is 2. The minimum atomic E-state index is -0.0611. The predicted octanol–water partition coefficient (Wildman–Crippen LogP) is 0.769. The molecule has 2 heteroatoms. The first-order valence-corrected chi connectivity index (χ1v) is 2.56. The van der Waals surface area contributed by atoms with Gasteiger partial charge in [0, 0.05) is 18.1 Å². The molecule has 9 heavy (non-hydrogen) atoms. The highest BCUT2D eigenvalue weighted by atomic mass is 16.1. The van der Waals surface area contributed by atoms with Gasteiger partial charge in [-0.15, -0.1) is 0 Å². The fourth-order valence-electron chi connectivity index (χ4n) is 0.557. The van der Waals surface area contributed by atoms with Gasteiger partial charge in [0.1, 0.15) is 0 Å². The fourth-order valence-corrected chi connectivity index (χ4v) is 0.557. The van der Waals surface area contributed by atoms with Crippen LogP contribution in [0.1, 0.15) is 6.42 Å². The first-order chi connectivity index (χ1) is 4.33. The van der Waals surface area contributed by atoms with E-state index in [4.69, 9.17) is 5.26 Å². The van der Waals surface area contributed by atoms with Crippen LogP contribution < -0.4 is 0 Å². The van der Waals surface area contributed by atoms with E-state index < -0.39 is 0 Å². The van der Waals surface area contributed by atoms with Crippen molar-refractivity contribution in [3.05, 3.63) is 23.8 Å². The van der Waals surface area contributed by atoms with Crippen molar-refractivity contribution in [2.75, 3.05) is 0 Å². The van der Waals surface area contributed by atoms with Crippen LogP contribution in [0.15, 0.2) is 17.7 Å². The lowest BCUT2D eigenvalue weighted by atomic mass is 10.1. The van der Waals surface area contributed by atoms with Gasteiger partial charge in [0.2, 0.25) is 0 Å². The molecule has 0 unspecified atom stereocenters. The van der Waals surface area contributed by atoms with Crippen LogP contribution in [0.25, 0.3) is 0 Å². The van der Waals surface area contributed by atoms with Crippen molar-refractivity contribution in [2.24, 2.45) is 0 Å². The van der Waals surface area contributed by atoms with Crippen LogP contribution in [0.3, 0.4) is 0 Å². The molecule has 0 saturated carbocycles. The van der Waals surface area contributed by atoms with Crippen LogP contribution in [0.5, 0.6) is 0 Å². The van der Waals surface area contributed by atoms with Crippen LogP contribution in [0, 0.1) is 17.4 Å². The summed E-state index contributed by atoms with van der Waals surface area (Å²) in [6.07, 6.45) is 5.75. The quantitative estimate of drug-likeness (QED) is 0.471. The van der Waals surface area contributed by atoms with Gasteiger partial charge in [-0.1, -0.05) is 6.08 Å². The zero-order valence-electron chi connectivity index (χ0n) is 4.72. The van der Waals surface area contributed by atoms with Gasteiger partial charge in [-0.2, -0.15) is 5.26 Å². The topological polar surface area (TPSA) is 40.9 Å². The summed E-state index contributed by atoms with van der Waals surface area (Å²) in [7, 11) is 0. The minimum Gasteiger partial charge on any atom is -0.294 e. The molecule has 1 aliphatic rings. The van der Waals surface area contributed by atoms with E-state index in [0.29, 0.717) is 12.0 Å². The van der Waals surface area contributed by atoms with E-state index in [-0.39, 0.29) is 5.78 Å². The zero-order chi connectivity index (χ0) is 6.69. The second-order valence-corrected chi connectivity index (χ2v) is 1.69. The van der Waals surface area contributed by atoms with Gasteiger partial charge in [-0.05, 0) is 6.08 Å². The van der Waals surface area contributed by atoms with Gasteiger partial charge < -0.3 is 0 Å². The molecule has 0 saturated heterocycles. The van der Waals surface area contributed by atoms with Gasteiger partial charge in [0.05, 0.1) is 6.07 Å². The average Bonchev–Trinajstić information content (AvgIpc) is 1.90. The molecule has 0 fully saturated rings. The summed E-state index contributed by atoms with van der Waals surface area (Å²) in [4.78, 5) is 10.4. The number of carbonyl (C=O) groups excluding carboxylic acids is 1. The molecule has 0 aliphatic heterocycles. The maximum absolute atomic E-state index is 10.4. The smallest absolute Gasteiger partial charge is 0.167 e. The highest BCUT2D eigenvalue weighted by molar-refractivity contribution is 5.89. The largest absolute Gasteiger partial charge is 0.294 e. The van der Waals surface area contributed by atoms with Crippen LogP contribution in [-0.4, -0.2) is 5.78 Å². The predicted molar refractivity (Wildman–Crippen MR) is 31.1 cm³/mol. The Kier molecular flexibility index (Phi) is 1.46. The van der Waals surface area contributed by atoms with E-state index in [0.717, 1.165) is 0 Å². The van der Waals surface area contributed by atoms with Crippen molar-refractivity contribution < 1.29 is 4.79 Å². The molecule has 0 bridgehead atoms. The molecule has 0 aromatic carbocycles. The van der Waals surface area contributed by atoms with E-state index in [1.807, 2.05) is 6.07 Å². The van der Waals surface area contributed by atoms with Gasteiger partial charge in [-0.3, -0.25) is 4.79 Å². The van der Waals surface area contributed by atoms with Crippen molar-refractivity contribution in [3.63, 3.8) is 0 Å². The maximum atomic E-state index is 10.4. The Labute approximate surface area is 53.1 Å². The lowest BCUT2D eigenvalue weighted by Gasteiger charge is -1.93. The molecule has 0 heterocycles. The number of allylic oxidation sites excluding steroid dienone is 4. The van der Waals surface area contributed by atoms with Crippen molar-refractivity contribution in [2.45, 2.75) is 6.42 Å². The lowest BCUT2D eigenvalue weighted by Crippen LogP contribution is -1.95. The van der Waals surface area contributed by atoms with Crippen molar-refractivity contribution in [1.82, 2.24) is 0 Å². The van der Waals surface area contributed by atoms with Crippen molar-refractivity contribution in [3.8, 4) is 6.07 Å². The number of rotatable bonds is 0. The van der Waals surface area contributed by atoms with Crippen LogP contribution in [0.4, 0.5) is 0 Å². The van der Waals surface area contributed by atoms with Gasteiger partial charge in [0.25, 0.3) is 0 Å². The van der Waals surface area contributed by atoms with Gasteiger partial charge in [-0.25, -0.2) is 0 Å². The average molecular weight is 118 g/mol. The highest BCUT2D eigenvalue weighted by Gasteiger charge is 2.01. The molecule has 1 aliphatic carbocycles. The first-order valence-electron chi connectivity index (χ1n) is 2.56. The van der Waals surface area contributed by atoms with Gasteiger partial charge in [0.15, 0.2) is 5.78 Å². The third kappa shape index (κ3) is 1.26. The third-order valence-corrected chi connectivity index (χ3v) is 1.03. The van der Waals surface area contributed by atoms with E-state index >= 15 is 0 Å². The molecular weight excluding hydrogens is 114 g/mol. The number of ketones is 1. The summed E-state index contributed by atoms with van der Waals surface area (Å²) < 4.78 is 0. The highest BCUT2D eigenvalue weighted by Crippen LogP contribution is 2.03. The summed E-state index contributed by atoms with van der Waals surface area (Å²) >= 11 is 0. The first kappa shape index (κ1) is 5.77. The number of carbonyl (C=O) groups is 1. The Morgan fingerprint density at radius 3 is 3.00 bits per heavy atom. The molecule has 0 amide bonds. The molecule has 0 atom stereocenters. The molecule has 1 radical (unpaired) electrons. The summed E-state index contributed by atoms with van der Waals surface area (Å²) in [5.74, 6) is -0.0611. The molecule has 0 aromatic heterocycles. The van der Waals surface area contributed by atoms with Crippen molar-refractivity contribution in [1.29, 1.82) is 5.26 Å². The number of hydrogen-bond donors (Lipinski definition) is 0. The van der Waals surface area contributed by atoms with E-state index in [9.17, 15) is 4.79 Å².